The van der Waals surface area contributed by atoms with Crippen molar-refractivity contribution >= 4 is 17.7 Å². The van der Waals surface area contributed by atoms with Gasteiger partial charge in [-0.3, -0.25) is 14.4 Å². The first-order chi connectivity index (χ1) is 26.9. The minimum absolute atomic E-state index is 0. The number of likely N-dealkylation sites (N-methyl/N-ethyl adjacent to an activating group) is 1. The summed E-state index contributed by atoms with van der Waals surface area (Å²) in [5.74, 6) is -5.81. The number of rotatable bonds is 7. The number of aliphatic carboxylic acids is 1. The van der Waals surface area contributed by atoms with Crippen molar-refractivity contribution in [2.45, 2.75) is 199 Å². The molecule has 0 amide bonds. The standard InChI is InChI=1S/C37H67NO13.C2H6O2.C2H4O2.H2O.Zn/c1-14-25-37(10,45)30(41)20(4)27(39)18(2)16-35(8,44)32(51-34-28(40)24(38(11)12)15-19(3)47-34)21(5)29(22(6)33(43)49-25)50-26-17-36(9,46-13)31(42)23(7)48-26;2*1-2(3)4;;/h18-26,28-32,34,40-42,44-45H,14-17H2,1-13H3;2-4H,1H3;1H3,(H,3,4);1H2;/p+1. The van der Waals surface area contributed by atoms with Gasteiger partial charge < -0.3 is 79.6 Å². The Morgan fingerprint density at radius 3 is 1.89 bits per heavy atom. The quantitative estimate of drug-likeness (QED) is 0.0735. The normalized spacial score (nSPS) is 42.6. The number of carbonyl (C=O) groups excluding carboxylic acids is 2. The van der Waals surface area contributed by atoms with Crippen LogP contribution in [0.2, 0.25) is 0 Å². The third kappa shape index (κ3) is 16.9. The summed E-state index contributed by atoms with van der Waals surface area (Å²) in [6.45, 7) is 18.7. The van der Waals surface area contributed by atoms with Gasteiger partial charge in [0.2, 0.25) is 0 Å². The number of ketones is 1. The number of hydrogen-bond acceptors (Lipinski definition) is 17. The number of methoxy groups -OCH3 is 1. The number of Topliss-reactive ketones (excluding diaryl/α,β-unsaturated/α-hetero) is 1. The molecule has 0 aromatic rings. The molecule has 18 unspecified atom stereocenters. The molecule has 3 aliphatic heterocycles. The Labute approximate surface area is 374 Å². The van der Waals surface area contributed by atoms with Gasteiger partial charge in [-0.1, -0.05) is 27.7 Å². The van der Waals surface area contributed by atoms with Crippen LogP contribution in [-0.4, -0.2) is 175 Å². The predicted molar refractivity (Wildman–Crippen MR) is 218 cm³/mol. The third-order valence-electron chi connectivity index (χ3n) is 11.8. The average molecular weight is 940 g/mol. The SMILES string of the molecule is CC(=O)O.CC(O)O.CCC1OC(=O)C(C)C(OC2CC(C)(OC)C(O)C(C)O2)C(C)C(OC2OC(C)CC(N(C)C)C2O)C(C)(O)CC(C)C(=O)C(C)C(O)C1(C)O.[OH3+].[Zn]. The molecule has 0 saturated carbocycles. The molecule has 20 heteroatoms. The Morgan fingerprint density at radius 1 is 0.918 bits per heavy atom. The van der Waals surface area contributed by atoms with Crippen LogP contribution in [0.5, 0.6) is 0 Å². The molecule has 3 rings (SSSR count). The summed E-state index contributed by atoms with van der Waals surface area (Å²) in [7, 11) is 5.18. The van der Waals surface area contributed by atoms with Crippen LogP contribution in [0.1, 0.15) is 109 Å². The smallest absolute Gasteiger partial charge is 0.311 e. The number of aliphatic hydroxyl groups is 7. The zero-order chi connectivity index (χ0) is 46.1. The summed E-state index contributed by atoms with van der Waals surface area (Å²) in [4.78, 5) is 38.8. The van der Waals surface area contributed by atoms with Crippen molar-refractivity contribution in [3.8, 4) is 0 Å². The summed E-state index contributed by atoms with van der Waals surface area (Å²) in [6.07, 6.45) is -10.9. The van der Waals surface area contributed by atoms with Crippen molar-refractivity contribution in [3.05, 3.63) is 0 Å². The van der Waals surface area contributed by atoms with Gasteiger partial charge in [0, 0.05) is 63.7 Å². The van der Waals surface area contributed by atoms with Gasteiger partial charge in [-0.2, -0.15) is 0 Å². The van der Waals surface area contributed by atoms with Crippen molar-refractivity contribution in [2.75, 3.05) is 21.2 Å². The van der Waals surface area contributed by atoms with Gasteiger partial charge in [-0.25, -0.2) is 0 Å². The van der Waals surface area contributed by atoms with E-state index in [1.807, 2.05) is 25.9 Å². The minimum atomic E-state index is -1.99. The molecule has 11 N–H and O–H groups in total. The second kappa shape index (κ2) is 26.0. The van der Waals surface area contributed by atoms with E-state index in [1.165, 1.54) is 34.8 Å². The van der Waals surface area contributed by atoms with Crippen molar-refractivity contribution in [1.29, 1.82) is 0 Å². The van der Waals surface area contributed by atoms with E-state index in [1.54, 1.807) is 41.5 Å². The van der Waals surface area contributed by atoms with Crippen LogP contribution in [0.3, 0.4) is 0 Å². The van der Waals surface area contributed by atoms with E-state index >= 15 is 0 Å². The largest absolute Gasteiger partial charge is 0.481 e. The second-order valence-electron chi connectivity index (χ2n) is 17.6. The third-order valence-corrected chi connectivity index (χ3v) is 11.8. The van der Waals surface area contributed by atoms with Crippen molar-refractivity contribution in [1.82, 2.24) is 4.90 Å². The second-order valence-corrected chi connectivity index (χ2v) is 17.6. The van der Waals surface area contributed by atoms with Crippen molar-refractivity contribution in [2.24, 2.45) is 23.7 Å². The molecule has 3 fully saturated rings. The van der Waals surface area contributed by atoms with Crippen LogP contribution in [0.15, 0.2) is 0 Å². The molecule has 61 heavy (non-hydrogen) atoms. The van der Waals surface area contributed by atoms with E-state index in [4.69, 9.17) is 48.5 Å². The van der Waals surface area contributed by atoms with Crippen LogP contribution in [-0.2, 0) is 67.8 Å². The topological polar surface area (TPSA) is 305 Å². The van der Waals surface area contributed by atoms with E-state index in [2.05, 4.69) is 0 Å². The Balaban J connectivity index is 0. The maximum Gasteiger partial charge on any atom is 0.311 e. The number of cyclic esters (lactones) is 1. The molecule has 0 aliphatic carbocycles. The van der Waals surface area contributed by atoms with Gasteiger partial charge in [0.15, 0.2) is 12.6 Å². The van der Waals surface area contributed by atoms with Crippen LogP contribution >= 0.6 is 0 Å². The molecule has 0 aromatic carbocycles. The number of carboxylic acid groups (broad SMARTS) is 1. The van der Waals surface area contributed by atoms with Crippen molar-refractivity contribution in [3.63, 3.8) is 0 Å². The van der Waals surface area contributed by atoms with Crippen LogP contribution in [0, 0.1) is 23.7 Å². The summed E-state index contributed by atoms with van der Waals surface area (Å²) in [5.41, 5.74) is -4.84. The minimum Gasteiger partial charge on any atom is -0.481 e. The van der Waals surface area contributed by atoms with E-state index in [9.17, 15) is 35.1 Å². The van der Waals surface area contributed by atoms with E-state index in [-0.39, 0.29) is 56.4 Å². The van der Waals surface area contributed by atoms with Gasteiger partial charge in [0.1, 0.15) is 36.0 Å². The molecule has 0 radical (unpaired) electrons. The Kier molecular flexibility index (Phi) is 26.3. The number of aliphatic hydroxyl groups excluding tert-OH is 4. The summed E-state index contributed by atoms with van der Waals surface area (Å²) in [5, 5.41) is 80.2. The van der Waals surface area contributed by atoms with Gasteiger partial charge in [0.05, 0.1) is 47.6 Å². The molecule has 0 aromatic heterocycles. The Morgan fingerprint density at radius 2 is 1.43 bits per heavy atom. The zero-order valence-electron chi connectivity index (χ0n) is 39.0. The van der Waals surface area contributed by atoms with E-state index in [0.29, 0.717) is 6.42 Å². The van der Waals surface area contributed by atoms with Gasteiger partial charge in [0.25, 0.3) is 5.97 Å². The van der Waals surface area contributed by atoms with Crippen molar-refractivity contribution < 1.29 is 109 Å². The number of hydrogen-bond donors (Lipinski definition) is 8. The van der Waals surface area contributed by atoms with E-state index in [0.717, 1.165) is 6.92 Å². The first kappa shape index (κ1) is 61.8. The fourth-order valence-corrected chi connectivity index (χ4v) is 8.41. The first-order valence-corrected chi connectivity index (χ1v) is 20.5. The molecular formula is C41H80NO18Zn+. The molecule has 19 nitrogen and oxygen atoms in total. The number of carbonyl (C=O) groups is 3. The predicted octanol–water partition coefficient (Wildman–Crippen LogP) is 0.269. The van der Waals surface area contributed by atoms with Gasteiger partial charge in [-0.05, 0) is 81.8 Å². The molecule has 358 valence electrons. The molecule has 3 heterocycles. The number of nitrogens with zero attached hydrogens (tertiary/aromatic N) is 1. The van der Waals surface area contributed by atoms with Crippen LogP contribution in [0.4, 0.5) is 0 Å². The number of carboxylic acids is 1. The summed E-state index contributed by atoms with van der Waals surface area (Å²) in [6, 6.07) is -0.324. The summed E-state index contributed by atoms with van der Waals surface area (Å²) < 4.78 is 37.1. The Hall–Kier alpha value is -1.33. The average Bonchev–Trinajstić information content (AvgIpc) is 3.12. The summed E-state index contributed by atoms with van der Waals surface area (Å²) >= 11 is 0. The molecule has 3 aliphatic rings. The first-order valence-electron chi connectivity index (χ1n) is 20.5. The fourth-order valence-electron chi connectivity index (χ4n) is 8.41. The zero-order valence-corrected chi connectivity index (χ0v) is 42.0. The molecule has 0 spiro atoms. The van der Waals surface area contributed by atoms with E-state index < -0.39 is 120 Å². The molecular weight excluding hydrogens is 860 g/mol. The molecule has 0 bridgehead atoms. The van der Waals surface area contributed by atoms with Gasteiger partial charge in [-0.15, -0.1) is 0 Å². The Bertz CT molecular complexity index is 1320. The monoisotopic (exact) mass is 938 g/mol. The maximum atomic E-state index is 14.1. The number of ether oxygens (including phenoxy) is 6. The van der Waals surface area contributed by atoms with Crippen LogP contribution in [0.25, 0.3) is 0 Å². The fraction of sp³-hybridized carbons (Fsp3) is 0.927. The maximum absolute atomic E-state index is 14.1. The van der Waals surface area contributed by atoms with Crippen LogP contribution < -0.4 is 0 Å². The molecule has 3 saturated heterocycles. The number of esters is 1. The van der Waals surface area contributed by atoms with Gasteiger partial charge >= 0.3 is 5.97 Å². The molecule has 18 atom stereocenters.